The van der Waals surface area contributed by atoms with E-state index in [9.17, 15) is 9.59 Å². The molecule has 4 nitrogen and oxygen atoms in total. The number of carbonyl (C=O) groups excluding carboxylic acids is 2. The first-order valence-corrected chi connectivity index (χ1v) is 6.31. The molecule has 0 saturated heterocycles. The third-order valence-electron chi connectivity index (χ3n) is 2.04. The van der Waals surface area contributed by atoms with Gasteiger partial charge in [0, 0.05) is 11.3 Å². The molecule has 0 atom stereocenters. The number of carbonyl (C=O) groups is 2. The molecule has 0 aromatic heterocycles. The monoisotopic (exact) mass is 253 g/mol. The lowest BCUT2D eigenvalue weighted by Gasteiger charge is -2.06. The summed E-state index contributed by atoms with van der Waals surface area (Å²) in [5, 5.41) is 0. The van der Waals surface area contributed by atoms with Crippen molar-refractivity contribution >= 4 is 23.6 Å². The van der Waals surface area contributed by atoms with Crippen molar-refractivity contribution in [2.24, 2.45) is 5.73 Å². The molecule has 2 N–H and O–H groups in total. The lowest BCUT2D eigenvalue weighted by atomic mass is 10.2. The number of benzene rings is 1. The van der Waals surface area contributed by atoms with E-state index in [4.69, 9.17) is 10.5 Å². The van der Waals surface area contributed by atoms with Crippen molar-refractivity contribution in [1.82, 2.24) is 0 Å². The molecule has 0 heterocycles. The number of amides is 1. The molecule has 0 aliphatic rings. The van der Waals surface area contributed by atoms with Crippen LogP contribution in [-0.2, 0) is 9.53 Å². The van der Waals surface area contributed by atoms with E-state index in [1.807, 2.05) is 13.0 Å². The van der Waals surface area contributed by atoms with Crippen LogP contribution in [0.25, 0.3) is 0 Å². The highest BCUT2D eigenvalue weighted by atomic mass is 32.2. The van der Waals surface area contributed by atoms with E-state index < -0.39 is 5.91 Å². The molecule has 92 valence electrons. The lowest BCUT2D eigenvalue weighted by Crippen LogP contribution is -2.12. The van der Waals surface area contributed by atoms with Crippen molar-refractivity contribution in [2.75, 3.05) is 5.94 Å². The highest BCUT2D eigenvalue weighted by Crippen LogP contribution is 2.22. The smallest absolute Gasteiger partial charge is 0.306 e. The lowest BCUT2D eigenvalue weighted by molar-refractivity contribution is -0.141. The first-order chi connectivity index (χ1) is 8.15. The van der Waals surface area contributed by atoms with Crippen LogP contribution in [0.2, 0.25) is 0 Å². The second-order valence-corrected chi connectivity index (χ2v) is 4.35. The van der Waals surface area contributed by atoms with Crippen molar-refractivity contribution in [3.8, 4) is 0 Å². The molecule has 17 heavy (non-hydrogen) atoms. The molecule has 1 aromatic carbocycles. The van der Waals surface area contributed by atoms with Crippen LogP contribution in [0.1, 0.15) is 30.1 Å². The van der Waals surface area contributed by atoms with Crippen molar-refractivity contribution in [3.05, 3.63) is 29.8 Å². The number of nitrogens with two attached hydrogens (primary N) is 1. The Morgan fingerprint density at radius 2 is 2.06 bits per heavy atom. The molecule has 0 unspecified atom stereocenters. The van der Waals surface area contributed by atoms with E-state index in [2.05, 4.69) is 0 Å². The van der Waals surface area contributed by atoms with E-state index in [0.29, 0.717) is 12.0 Å². The van der Waals surface area contributed by atoms with Gasteiger partial charge in [0.05, 0.1) is 5.56 Å². The Kier molecular flexibility index (Phi) is 5.56. The van der Waals surface area contributed by atoms with Crippen molar-refractivity contribution < 1.29 is 14.3 Å². The van der Waals surface area contributed by atoms with Gasteiger partial charge in [0.2, 0.25) is 5.91 Å². The van der Waals surface area contributed by atoms with E-state index in [1.165, 1.54) is 11.8 Å². The summed E-state index contributed by atoms with van der Waals surface area (Å²) in [6, 6.07) is 6.98. The number of hydrogen-bond donors (Lipinski definition) is 1. The van der Waals surface area contributed by atoms with Crippen LogP contribution >= 0.6 is 11.8 Å². The van der Waals surface area contributed by atoms with E-state index in [-0.39, 0.29) is 11.9 Å². The van der Waals surface area contributed by atoms with Gasteiger partial charge in [0.25, 0.3) is 0 Å². The van der Waals surface area contributed by atoms with Gasteiger partial charge < -0.3 is 10.5 Å². The maximum Gasteiger partial charge on any atom is 0.306 e. The first-order valence-electron chi connectivity index (χ1n) is 5.32. The van der Waals surface area contributed by atoms with Crippen molar-refractivity contribution in [2.45, 2.75) is 24.7 Å². The summed E-state index contributed by atoms with van der Waals surface area (Å²) in [5.74, 6) is -0.507. The molecule has 0 saturated carbocycles. The molecule has 0 bridgehead atoms. The number of primary amides is 1. The summed E-state index contributed by atoms with van der Waals surface area (Å²) in [6.07, 6.45) is 1.18. The second kappa shape index (κ2) is 6.96. The van der Waals surface area contributed by atoms with E-state index in [1.54, 1.807) is 18.2 Å². The molecule has 0 aliphatic heterocycles. The molecule has 1 aromatic rings. The summed E-state index contributed by atoms with van der Waals surface area (Å²) in [7, 11) is 0. The van der Waals surface area contributed by atoms with Crippen LogP contribution in [0.3, 0.4) is 0 Å². The maximum atomic E-state index is 11.1. The zero-order chi connectivity index (χ0) is 12.7. The predicted octanol–water partition coefficient (Wildman–Crippen LogP) is 2.18. The third kappa shape index (κ3) is 4.48. The quantitative estimate of drug-likeness (QED) is 0.479. The van der Waals surface area contributed by atoms with Crippen LogP contribution in [-0.4, -0.2) is 17.8 Å². The summed E-state index contributed by atoms with van der Waals surface area (Å²) in [4.78, 5) is 23.0. The SMILES string of the molecule is CCCC(=O)OCSc1ccccc1C(N)=O. The predicted molar refractivity (Wildman–Crippen MR) is 66.7 cm³/mol. The zero-order valence-electron chi connectivity index (χ0n) is 9.64. The maximum absolute atomic E-state index is 11.1. The fourth-order valence-corrected chi connectivity index (χ4v) is 2.05. The van der Waals surface area contributed by atoms with Crippen molar-refractivity contribution in [3.63, 3.8) is 0 Å². The molecule has 1 rings (SSSR count). The van der Waals surface area contributed by atoms with Gasteiger partial charge in [-0.05, 0) is 18.6 Å². The molecule has 0 spiro atoms. The Bertz CT molecular complexity index is 406. The van der Waals surface area contributed by atoms with Crippen LogP contribution in [0.5, 0.6) is 0 Å². The number of hydrogen-bond acceptors (Lipinski definition) is 4. The Morgan fingerprint density at radius 3 is 2.71 bits per heavy atom. The Labute approximate surface area is 105 Å². The number of thioether (sulfide) groups is 1. The van der Waals surface area contributed by atoms with Crippen LogP contribution < -0.4 is 5.73 Å². The minimum Gasteiger partial charge on any atom is -0.454 e. The molecule has 5 heteroatoms. The largest absolute Gasteiger partial charge is 0.454 e. The van der Waals surface area contributed by atoms with Crippen LogP contribution in [0.4, 0.5) is 0 Å². The standard InChI is InChI=1S/C12H15NO3S/c1-2-5-11(14)16-8-17-10-7-4-3-6-9(10)12(13)15/h3-4,6-7H,2,5,8H2,1H3,(H2,13,15). The first kappa shape index (κ1) is 13.6. The number of ether oxygens (including phenoxy) is 1. The van der Waals surface area contributed by atoms with Gasteiger partial charge in [-0.2, -0.15) is 0 Å². The Hall–Kier alpha value is -1.49. The van der Waals surface area contributed by atoms with E-state index in [0.717, 1.165) is 11.3 Å². The van der Waals surface area contributed by atoms with Gasteiger partial charge in [-0.25, -0.2) is 0 Å². The fraction of sp³-hybridized carbons (Fsp3) is 0.333. The molecule has 0 fully saturated rings. The minimum atomic E-state index is -0.479. The van der Waals surface area contributed by atoms with Crippen LogP contribution in [0.15, 0.2) is 29.2 Å². The topological polar surface area (TPSA) is 69.4 Å². The molecular formula is C12H15NO3S. The Balaban J connectivity index is 2.52. The van der Waals surface area contributed by atoms with Gasteiger partial charge in [0.1, 0.15) is 5.94 Å². The number of rotatable bonds is 6. The summed E-state index contributed by atoms with van der Waals surface area (Å²) in [5.41, 5.74) is 5.68. The normalized spacial score (nSPS) is 9.94. The molecule has 0 radical (unpaired) electrons. The minimum absolute atomic E-state index is 0.198. The fourth-order valence-electron chi connectivity index (χ4n) is 1.23. The van der Waals surface area contributed by atoms with Gasteiger partial charge in [0.15, 0.2) is 0 Å². The Morgan fingerprint density at radius 1 is 1.35 bits per heavy atom. The zero-order valence-corrected chi connectivity index (χ0v) is 10.5. The van der Waals surface area contributed by atoms with Crippen LogP contribution in [0, 0.1) is 0 Å². The van der Waals surface area contributed by atoms with Gasteiger partial charge >= 0.3 is 5.97 Å². The summed E-state index contributed by atoms with van der Waals surface area (Å²) < 4.78 is 4.99. The molecule has 1 amide bonds. The third-order valence-corrected chi connectivity index (χ3v) is 2.94. The summed E-state index contributed by atoms with van der Waals surface area (Å²) in [6.45, 7) is 1.91. The molecular weight excluding hydrogens is 238 g/mol. The molecule has 0 aliphatic carbocycles. The highest BCUT2D eigenvalue weighted by molar-refractivity contribution is 7.99. The highest BCUT2D eigenvalue weighted by Gasteiger charge is 2.08. The van der Waals surface area contributed by atoms with Gasteiger partial charge in [-0.1, -0.05) is 30.8 Å². The second-order valence-electron chi connectivity index (χ2n) is 3.39. The average Bonchev–Trinajstić information content (AvgIpc) is 2.30. The van der Waals surface area contributed by atoms with Gasteiger partial charge in [-0.3, -0.25) is 9.59 Å². The average molecular weight is 253 g/mol. The van der Waals surface area contributed by atoms with E-state index >= 15 is 0 Å². The van der Waals surface area contributed by atoms with Gasteiger partial charge in [-0.15, -0.1) is 0 Å². The summed E-state index contributed by atoms with van der Waals surface area (Å²) >= 11 is 1.29. The number of esters is 1. The van der Waals surface area contributed by atoms with Crippen molar-refractivity contribution in [1.29, 1.82) is 0 Å².